The molecule has 0 saturated heterocycles. The Bertz CT molecular complexity index is 2410. The second-order valence-electron chi connectivity index (χ2n) is 11.2. The first-order valence-corrected chi connectivity index (χ1v) is 15.0. The molecule has 0 N–H and O–H groups in total. The van der Waals surface area contributed by atoms with E-state index in [0.717, 1.165) is 44.8 Å². The highest BCUT2D eigenvalue weighted by molar-refractivity contribution is 6.26. The zero-order valence-corrected chi connectivity index (χ0v) is 23.9. The minimum Gasteiger partial charge on any atom is -0.309 e. The smallest absolute Gasteiger partial charge is 0.0948 e. The summed E-state index contributed by atoms with van der Waals surface area (Å²) >= 11 is 0. The van der Waals surface area contributed by atoms with Crippen LogP contribution in [0.25, 0.3) is 77.4 Å². The molecule has 0 radical (unpaired) electrons. The van der Waals surface area contributed by atoms with E-state index in [9.17, 15) is 0 Å². The number of hydrogen-bond acceptors (Lipinski definition) is 1. The molecule has 3 heteroatoms. The molecule has 3 nitrogen and oxygen atoms in total. The predicted octanol–water partition coefficient (Wildman–Crippen LogP) is 10.6. The van der Waals surface area contributed by atoms with Crippen molar-refractivity contribution >= 4 is 43.6 Å². The molecule has 0 atom stereocenters. The second kappa shape index (κ2) is 9.82. The molecule has 9 aromatic rings. The molecule has 0 amide bonds. The Hall–Kier alpha value is -5.93. The number of rotatable bonds is 4. The maximum absolute atomic E-state index is 5.04. The molecule has 3 heterocycles. The molecular formula is C41H27N3. The van der Waals surface area contributed by atoms with E-state index in [4.69, 9.17) is 4.98 Å². The Morgan fingerprint density at radius 2 is 1.00 bits per heavy atom. The molecular weight excluding hydrogens is 534 g/mol. The fourth-order valence-corrected chi connectivity index (χ4v) is 6.93. The largest absolute Gasteiger partial charge is 0.309 e. The SMILES string of the molecule is c1ccc(-c2ccnc(-c3ccccc3)c2-n2c3ccccc3c3c2ccc2c4ccccc4n(-c4ccccc4)c23)cc1. The number of nitrogens with zero attached hydrogens (tertiary/aromatic N) is 3. The van der Waals surface area contributed by atoms with Crippen molar-refractivity contribution in [2.24, 2.45) is 0 Å². The van der Waals surface area contributed by atoms with E-state index in [1.807, 2.05) is 6.20 Å². The molecule has 3 aromatic heterocycles. The highest BCUT2D eigenvalue weighted by Gasteiger charge is 2.24. The molecule has 0 saturated carbocycles. The molecule has 0 aliphatic heterocycles. The van der Waals surface area contributed by atoms with Crippen molar-refractivity contribution in [2.75, 3.05) is 0 Å². The third-order valence-electron chi connectivity index (χ3n) is 8.76. The minimum absolute atomic E-state index is 0.957. The average molecular weight is 562 g/mol. The molecule has 0 fully saturated rings. The second-order valence-corrected chi connectivity index (χ2v) is 11.2. The number of benzene rings is 6. The van der Waals surface area contributed by atoms with Gasteiger partial charge in [0.05, 0.1) is 33.4 Å². The standard InChI is InChI=1S/C41H27N3/c1-4-14-28(15-5-1)31-26-27-42-39(29-16-6-2-7-17-29)41(31)44-36-23-13-11-21-34(36)38-37(44)25-24-33-32-20-10-12-22-35(32)43(40(33)38)30-18-8-3-9-19-30/h1-27H. The zero-order valence-electron chi connectivity index (χ0n) is 23.9. The predicted molar refractivity (Wildman–Crippen MR) is 184 cm³/mol. The van der Waals surface area contributed by atoms with Crippen LogP contribution < -0.4 is 0 Å². The van der Waals surface area contributed by atoms with E-state index in [1.54, 1.807) is 0 Å². The lowest BCUT2D eigenvalue weighted by atomic mass is 10.00. The molecule has 6 aromatic carbocycles. The summed E-state index contributed by atoms with van der Waals surface area (Å²) in [5.41, 5.74) is 11.3. The van der Waals surface area contributed by atoms with Crippen LogP contribution in [0.4, 0.5) is 0 Å². The van der Waals surface area contributed by atoms with Gasteiger partial charge in [0.2, 0.25) is 0 Å². The molecule has 0 aliphatic rings. The van der Waals surface area contributed by atoms with Crippen LogP contribution in [-0.2, 0) is 0 Å². The van der Waals surface area contributed by atoms with Crippen molar-refractivity contribution < 1.29 is 0 Å². The van der Waals surface area contributed by atoms with E-state index >= 15 is 0 Å². The van der Waals surface area contributed by atoms with Crippen LogP contribution in [0.5, 0.6) is 0 Å². The van der Waals surface area contributed by atoms with E-state index in [-0.39, 0.29) is 0 Å². The lowest BCUT2D eigenvalue weighted by Crippen LogP contribution is -2.02. The fourth-order valence-electron chi connectivity index (χ4n) is 6.93. The van der Waals surface area contributed by atoms with Gasteiger partial charge in [-0.3, -0.25) is 4.98 Å². The van der Waals surface area contributed by atoms with Gasteiger partial charge >= 0.3 is 0 Å². The summed E-state index contributed by atoms with van der Waals surface area (Å²) in [4.78, 5) is 5.04. The quantitative estimate of drug-likeness (QED) is 0.210. The Balaban J connectivity index is 1.50. The first-order chi connectivity index (χ1) is 21.9. The van der Waals surface area contributed by atoms with Crippen molar-refractivity contribution in [1.29, 1.82) is 0 Å². The number of hydrogen-bond donors (Lipinski definition) is 0. The monoisotopic (exact) mass is 561 g/mol. The van der Waals surface area contributed by atoms with Gasteiger partial charge in [0.1, 0.15) is 0 Å². The maximum Gasteiger partial charge on any atom is 0.0948 e. The highest BCUT2D eigenvalue weighted by Crippen LogP contribution is 2.44. The van der Waals surface area contributed by atoms with Crippen LogP contribution in [0.1, 0.15) is 0 Å². The summed E-state index contributed by atoms with van der Waals surface area (Å²) < 4.78 is 4.87. The van der Waals surface area contributed by atoms with Gasteiger partial charge in [0.25, 0.3) is 0 Å². The van der Waals surface area contributed by atoms with E-state index in [1.165, 1.54) is 32.6 Å². The molecule has 44 heavy (non-hydrogen) atoms. The number of fused-ring (bicyclic) bond motifs is 7. The van der Waals surface area contributed by atoms with E-state index in [2.05, 4.69) is 167 Å². The lowest BCUT2D eigenvalue weighted by molar-refractivity contribution is 1.15. The molecule has 9 rings (SSSR count). The topological polar surface area (TPSA) is 22.8 Å². The molecule has 0 aliphatic carbocycles. The van der Waals surface area contributed by atoms with Crippen molar-refractivity contribution in [1.82, 2.24) is 14.1 Å². The number of pyridine rings is 1. The van der Waals surface area contributed by atoms with Gasteiger partial charge in [0, 0.05) is 44.6 Å². The fraction of sp³-hybridized carbons (Fsp3) is 0. The summed E-state index contributed by atoms with van der Waals surface area (Å²) in [6.45, 7) is 0. The van der Waals surface area contributed by atoms with Crippen LogP contribution in [0.3, 0.4) is 0 Å². The van der Waals surface area contributed by atoms with Gasteiger partial charge in [-0.05, 0) is 42.0 Å². The molecule has 0 spiro atoms. The molecule has 206 valence electrons. The number of para-hydroxylation sites is 3. The van der Waals surface area contributed by atoms with Gasteiger partial charge < -0.3 is 9.13 Å². The van der Waals surface area contributed by atoms with Crippen LogP contribution in [0, 0.1) is 0 Å². The Kier molecular flexibility index (Phi) is 5.50. The number of aromatic nitrogens is 3. The van der Waals surface area contributed by atoms with Gasteiger partial charge in [-0.2, -0.15) is 0 Å². The summed E-state index contributed by atoms with van der Waals surface area (Å²) in [5, 5.41) is 4.95. The molecule has 0 bridgehead atoms. The third kappa shape index (κ3) is 3.60. The van der Waals surface area contributed by atoms with Crippen LogP contribution >= 0.6 is 0 Å². The highest BCUT2D eigenvalue weighted by atomic mass is 15.0. The third-order valence-corrected chi connectivity index (χ3v) is 8.76. The summed E-state index contributed by atoms with van der Waals surface area (Å²) in [7, 11) is 0. The van der Waals surface area contributed by atoms with Gasteiger partial charge in [0.15, 0.2) is 0 Å². The van der Waals surface area contributed by atoms with E-state index in [0.29, 0.717) is 0 Å². The van der Waals surface area contributed by atoms with Crippen molar-refractivity contribution in [3.8, 4) is 33.8 Å². The van der Waals surface area contributed by atoms with Crippen molar-refractivity contribution in [3.63, 3.8) is 0 Å². The first-order valence-electron chi connectivity index (χ1n) is 15.0. The van der Waals surface area contributed by atoms with Crippen LogP contribution in [0.2, 0.25) is 0 Å². The van der Waals surface area contributed by atoms with Gasteiger partial charge in [-0.25, -0.2) is 0 Å². The normalized spacial score (nSPS) is 11.6. The summed E-state index contributed by atoms with van der Waals surface area (Å²) in [6, 6.07) is 56.2. The minimum atomic E-state index is 0.957. The Morgan fingerprint density at radius 3 is 1.73 bits per heavy atom. The van der Waals surface area contributed by atoms with Gasteiger partial charge in [-0.15, -0.1) is 0 Å². The zero-order chi connectivity index (χ0) is 29.0. The van der Waals surface area contributed by atoms with E-state index < -0.39 is 0 Å². The van der Waals surface area contributed by atoms with Crippen molar-refractivity contribution in [3.05, 3.63) is 164 Å². The molecule has 0 unspecified atom stereocenters. The summed E-state index contributed by atoms with van der Waals surface area (Å²) in [5.74, 6) is 0. The van der Waals surface area contributed by atoms with Crippen molar-refractivity contribution in [2.45, 2.75) is 0 Å². The average Bonchev–Trinajstić information content (AvgIpc) is 3.62. The first kappa shape index (κ1) is 24.6. The van der Waals surface area contributed by atoms with Crippen LogP contribution in [-0.4, -0.2) is 14.1 Å². The Morgan fingerprint density at radius 1 is 0.409 bits per heavy atom. The van der Waals surface area contributed by atoms with Gasteiger partial charge in [-0.1, -0.05) is 121 Å². The Labute approximate surface area is 254 Å². The lowest BCUT2D eigenvalue weighted by Gasteiger charge is -2.18. The maximum atomic E-state index is 5.04. The summed E-state index contributed by atoms with van der Waals surface area (Å²) in [6.07, 6.45) is 1.94. The van der Waals surface area contributed by atoms with Crippen LogP contribution in [0.15, 0.2) is 164 Å².